The average molecular weight is 521 g/mol. The van der Waals surface area contributed by atoms with Gasteiger partial charge >= 0.3 is 0 Å². The number of para-hydroxylation sites is 1. The molecular formula is C21H19BrClN5O2S. The van der Waals surface area contributed by atoms with Crippen LogP contribution in [0.15, 0.2) is 70.8 Å². The lowest BCUT2D eigenvalue weighted by atomic mass is 10.2. The van der Waals surface area contributed by atoms with Gasteiger partial charge in [0.2, 0.25) is 5.91 Å². The van der Waals surface area contributed by atoms with Crippen molar-refractivity contribution in [3.8, 4) is 0 Å². The first-order valence-electron chi connectivity index (χ1n) is 9.22. The van der Waals surface area contributed by atoms with Gasteiger partial charge in [-0.25, -0.2) is 0 Å². The van der Waals surface area contributed by atoms with Crippen LogP contribution in [0, 0.1) is 0 Å². The number of hydrogen-bond acceptors (Lipinski definition) is 5. The van der Waals surface area contributed by atoms with Crippen molar-refractivity contribution in [2.24, 2.45) is 0 Å². The molecule has 160 valence electrons. The summed E-state index contributed by atoms with van der Waals surface area (Å²) in [6, 6.07) is 14.2. The van der Waals surface area contributed by atoms with Crippen molar-refractivity contribution in [2.45, 2.75) is 18.2 Å². The highest BCUT2D eigenvalue weighted by Crippen LogP contribution is 2.22. The number of rotatable bonds is 9. The van der Waals surface area contributed by atoms with Gasteiger partial charge in [-0.1, -0.05) is 53.7 Å². The van der Waals surface area contributed by atoms with Gasteiger partial charge in [0.1, 0.15) is 0 Å². The van der Waals surface area contributed by atoms with Crippen molar-refractivity contribution in [1.29, 1.82) is 0 Å². The van der Waals surface area contributed by atoms with Crippen molar-refractivity contribution in [2.75, 3.05) is 11.1 Å². The van der Waals surface area contributed by atoms with Crippen LogP contribution in [-0.4, -0.2) is 32.3 Å². The van der Waals surface area contributed by atoms with Crippen molar-refractivity contribution in [1.82, 2.24) is 20.1 Å². The van der Waals surface area contributed by atoms with Crippen LogP contribution in [0.25, 0.3) is 0 Å². The zero-order valence-corrected chi connectivity index (χ0v) is 19.5. The Bertz CT molecular complexity index is 1100. The number of amides is 2. The fraction of sp³-hybridized carbons (Fsp3) is 0.143. The SMILES string of the molecule is C=CCn1c(CNC(=O)c2ccccc2Br)nnc1SCC(=O)Nc1ccccc1Cl. The largest absolute Gasteiger partial charge is 0.345 e. The number of carbonyl (C=O) groups excluding carboxylic acids is 2. The lowest BCUT2D eigenvalue weighted by Crippen LogP contribution is -2.25. The van der Waals surface area contributed by atoms with E-state index in [2.05, 4.69) is 43.3 Å². The van der Waals surface area contributed by atoms with Crippen LogP contribution in [0.5, 0.6) is 0 Å². The van der Waals surface area contributed by atoms with Gasteiger partial charge < -0.3 is 15.2 Å². The summed E-state index contributed by atoms with van der Waals surface area (Å²) in [5, 5.41) is 15.0. The van der Waals surface area contributed by atoms with E-state index in [9.17, 15) is 9.59 Å². The molecule has 1 aromatic heterocycles. The quantitative estimate of drug-likeness (QED) is 0.319. The zero-order chi connectivity index (χ0) is 22.2. The molecule has 0 atom stereocenters. The highest BCUT2D eigenvalue weighted by Gasteiger charge is 2.16. The Kier molecular flexibility index (Phi) is 8.27. The summed E-state index contributed by atoms with van der Waals surface area (Å²) >= 11 is 10.7. The number of aromatic nitrogens is 3. The van der Waals surface area contributed by atoms with Crippen LogP contribution >= 0.6 is 39.3 Å². The number of nitrogens with zero attached hydrogens (tertiary/aromatic N) is 3. The summed E-state index contributed by atoms with van der Waals surface area (Å²) in [4.78, 5) is 24.7. The Morgan fingerprint density at radius 2 is 1.90 bits per heavy atom. The van der Waals surface area contributed by atoms with Gasteiger partial charge in [0, 0.05) is 11.0 Å². The Morgan fingerprint density at radius 3 is 2.65 bits per heavy atom. The van der Waals surface area contributed by atoms with Gasteiger partial charge in [0.05, 0.1) is 28.6 Å². The molecule has 0 spiro atoms. The first-order chi connectivity index (χ1) is 15.0. The van der Waals surface area contributed by atoms with Crippen molar-refractivity contribution >= 4 is 56.8 Å². The molecule has 3 rings (SSSR count). The monoisotopic (exact) mass is 519 g/mol. The highest BCUT2D eigenvalue weighted by molar-refractivity contribution is 9.10. The summed E-state index contributed by atoms with van der Waals surface area (Å²) in [5.74, 6) is 0.252. The molecule has 7 nitrogen and oxygen atoms in total. The second-order valence-corrected chi connectivity index (χ2v) is 8.48. The van der Waals surface area contributed by atoms with Crippen LogP contribution < -0.4 is 10.6 Å². The molecule has 10 heteroatoms. The second-order valence-electron chi connectivity index (χ2n) is 6.28. The predicted octanol–water partition coefficient (Wildman–Crippen LogP) is 4.54. The molecule has 0 saturated heterocycles. The molecule has 0 aliphatic carbocycles. The maximum atomic E-state index is 12.4. The molecule has 0 unspecified atom stereocenters. The van der Waals surface area contributed by atoms with Crippen LogP contribution in [0.3, 0.4) is 0 Å². The van der Waals surface area contributed by atoms with Gasteiger partial charge in [-0.05, 0) is 40.2 Å². The molecule has 0 aliphatic rings. The number of thioether (sulfide) groups is 1. The van der Waals surface area contributed by atoms with Crippen molar-refractivity contribution in [3.05, 3.63) is 82.1 Å². The van der Waals surface area contributed by atoms with Gasteiger partial charge in [-0.15, -0.1) is 16.8 Å². The van der Waals surface area contributed by atoms with Gasteiger partial charge in [-0.3, -0.25) is 9.59 Å². The molecule has 0 aliphatic heterocycles. The molecule has 2 amide bonds. The van der Waals surface area contributed by atoms with Gasteiger partial charge in [0.15, 0.2) is 11.0 Å². The van der Waals surface area contributed by atoms with Crippen molar-refractivity contribution in [3.63, 3.8) is 0 Å². The molecule has 0 saturated carbocycles. The van der Waals surface area contributed by atoms with E-state index in [1.165, 1.54) is 11.8 Å². The molecule has 2 aromatic carbocycles. The number of anilines is 1. The third kappa shape index (κ3) is 6.19. The normalized spacial score (nSPS) is 10.5. The van der Waals surface area contributed by atoms with E-state index < -0.39 is 0 Å². The predicted molar refractivity (Wildman–Crippen MR) is 126 cm³/mol. The minimum absolute atomic E-state index is 0.129. The minimum Gasteiger partial charge on any atom is -0.345 e. The molecule has 31 heavy (non-hydrogen) atoms. The second kappa shape index (κ2) is 11.1. The molecule has 0 bridgehead atoms. The molecule has 1 heterocycles. The fourth-order valence-electron chi connectivity index (χ4n) is 2.65. The maximum absolute atomic E-state index is 12.4. The highest BCUT2D eigenvalue weighted by atomic mass is 79.9. The number of nitrogens with one attached hydrogen (secondary N) is 2. The number of benzene rings is 2. The van der Waals surface area contributed by atoms with E-state index in [1.807, 2.05) is 6.07 Å². The van der Waals surface area contributed by atoms with Crippen LogP contribution in [0.4, 0.5) is 5.69 Å². The average Bonchev–Trinajstić information content (AvgIpc) is 3.14. The first kappa shape index (κ1) is 23.1. The lowest BCUT2D eigenvalue weighted by Gasteiger charge is -2.10. The third-order valence-electron chi connectivity index (χ3n) is 4.11. The number of hydrogen-bond donors (Lipinski definition) is 2. The lowest BCUT2D eigenvalue weighted by molar-refractivity contribution is -0.113. The van der Waals surface area contributed by atoms with Gasteiger partial charge in [0.25, 0.3) is 5.91 Å². The van der Waals surface area contributed by atoms with E-state index in [4.69, 9.17) is 11.6 Å². The summed E-state index contributed by atoms with van der Waals surface area (Å²) in [7, 11) is 0. The summed E-state index contributed by atoms with van der Waals surface area (Å²) in [5.41, 5.74) is 1.08. The first-order valence-corrected chi connectivity index (χ1v) is 11.4. The molecule has 0 fully saturated rings. The van der Waals surface area contributed by atoms with Crippen molar-refractivity contribution < 1.29 is 9.59 Å². The van der Waals surface area contributed by atoms with E-state index in [0.717, 1.165) is 0 Å². The Balaban J connectivity index is 1.62. The van der Waals surface area contributed by atoms with E-state index >= 15 is 0 Å². The standard InChI is InChI=1S/C21H19BrClN5O2S/c1-2-11-28-18(12-24-20(30)14-7-3-4-8-15(14)22)26-27-21(28)31-13-19(29)25-17-10-6-5-9-16(17)23/h2-10H,1,11-13H2,(H,24,30)(H,25,29). The zero-order valence-electron chi connectivity index (χ0n) is 16.3. The number of halogens is 2. The van der Waals surface area contributed by atoms with E-state index in [1.54, 1.807) is 53.1 Å². The molecular weight excluding hydrogens is 502 g/mol. The molecule has 3 aromatic rings. The summed E-state index contributed by atoms with van der Waals surface area (Å²) < 4.78 is 2.52. The summed E-state index contributed by atoms with van der Waals surface area (Å²) in [6.45, 7) is 4.39. The molecule has 2 N–H and O–H groups in total. The minimum atomic E-state index is -0.228. The Morgan fingerprint density at radius 1 is 1.16 bits per heavy atom. The summed E-state index contributed by atoms with van der Waals surface area (Å²) in [6.07, 6.45) is 1.70. The third-order valence-corrected chi connectivity index (χ3v) is 6.10. The van der Waals surface area contributed by atoms with E-state index in [-0.39, 0.29) is 24.1 Å². The van der Waals surface area contributed by atoms with E-state index in [0.29, 0.717) is 38.3 Å². The van der Waals surface area contributed by atoms with Crippen LogP contribution in [0.2, 0.25) is 5.02 Å². The number of carbonyl (C=O) groups is 2. The van der Waals surface area contributed by atoms with Gasteiger partial charge in [-0.2, -0.15) is 0 Å². The topological polar surface area (TPSA) is 88.9 Å². The smallest absolute Gasteiger partial charge is 0.252 e. The number of allylic oxidation sites excluding steroid dienone is 1. The Hall–Kier alpha value is -2.62. The molecule has 0 radical (unpaired) electrons. The van der Waals surface area contributed by atoms with Crippen LogP contribution in [0.1, 0.15) is 16.2 Å². The van der Waals surface area contributed by atoms with Crippen LogP contribution in [-0.2, 0) is 17.9 Å². The maximum Gasteiger partial charge on any atom is 0.252 e. The fourth-order valence-corrected chi connectivity index (χ4v) is 4.06. The Labute approximate surface area is 197 Å².